The van der Waals surface area contributed by atoms with Crippen LogP contribution in [0.5, 0.6) is 0 Å². The maximum absolute atomic E-state index is 5.76. The highest BCUT2D eigenvalue weighted by atomic mass is 35.5. The lowest BCUT2D eigenvalue weighted by atomic mass is 10.3. The van der Waals surface area contributed by atoms with Crippen molar-refractivity contribution in [3.63, 3.8) is 0 Å². The first-order chi connectivity index (χ1) is 5.72. The summed E-state index contributed by atoms with van der Waals surface area (Å²) >= 11 is 11.5. The van der Waals surface area contributed by atoms with Gasteiger partial charge in [-0.25, -0.2) is 0 Å². The van der Waals surface area contributed by atoms with Gasteiger partial charge in [-0.15, -0.1) is 0 Å². The summed E-state index contributed by atoms with van der Waals surface area (Å²) in [5, 5.41) is 4.21. The van der Waals surface area contributed by atoms with Crippen molar-refractivity contribution in [1.29, 1.82) is 0 Å². The second-order valence-electron chi connectivity index (χ2n) is 2.27. The van der Waals surface area contributed by atoms with Crippen LogP contribution in [0.3, 0.4) is 0 Å². The number of anilines is 1. The summed E-state index contributed by atoms with van der Waals surface area (Å²) in [5.41, 5.74) is 0.856. The van der Waals surface area contributed by atoms with Gasteiger partial charge in [0.2, 0.25) is 0 Å². The number of benzene rings is 1. The zero-order chi connectivity index (χ0) is 8.97. The Morgan fingerprint density at radius 1 is 1.25 bits per heavy atom. The third kappa shape index (κ3) is 2.89. The molecule has 4 heteroatoms. The van der Waals surface area contributed by atoms with Gasteiger partial charge in [0.05, 0.1) is 0 Å². The first-order valence-electron chi connectivity index (χ1n) is 3.41. The standard InChI is InChI=1S/C8H9Cl2NO/c1-12-5-11-8-3-6(9)2-7(10)4-8/h2-4,11H,5H2,1H3. The maximum Gasteiger partial charge on any atom is 0.116 e. The molecule has 66 valence electrons. The van der Waals surface area contributed by atoms with Gasteiger partial charge < -0.3 is 10.1 Å². The molecule has 0 aliphatic heterocycles. The fraction of sp³-hybridized carbons (Fsp3) is 0.250. The van der Waals surface area contributed by atoms with Crippen molar-refractivity contribution in [3.8, 4) is 0 Å². The minimum Gasteiger partial charge on any atom is -0.365 e. The number of hydrogen-bond acceptors (Lipinski definition) is 2. The van der Waals surface area contributed by atoms with E-state index in [-0.39, 0.29) is 0 Å². The Morgan fingerprint density at radius 3 is 2.33 bits per heavy atom. The molecule has 0 amide bonds. The molecule has 0 aromatic heterocycles. The van der Waals surface area contributed by atoms with Gasteiger partial charge in [-0.05, 0) is 18.2 Å². The van der Waals surface area contributed by atoms with Gasteiger partial charge in [-0.1, -0.05) is 23.2 Å². The number of hydrogen-bond donors (Lipinski definition) is 1. The normalized spacial score (nSPS) is 9.92. The Labute approximate surface area is 81.4 Å². The van der Waals surface area contributed by atoms with E-state index in [1.165, 1.54) is 0 Å². The summed E-state index contributed by atoms with van der Waals surface area (Å²) in [6, 6.07) is 5.25. The second kappa shape index (κ2) is 4.55. The lowest BCUT2D eigenvalue weighted by molar-refractivity contribution is 0.221. The van der Waals surface area contributed by atoms with E-state index in [0.29, 0.717) is 16.8 Å². The molecule has 0 saturated carbocycles. The topological polar surface area (TPSA) is 21.3 Å². The molecule has 0 aliphatic carbocycles. The molecule has 0 saturated heterocycles. The van der Waals surface area contributed by atoms with Gasteiger partial charge in [0.1, 0.15) is 6.73 Å². The summed E-state index contributed by atoms with van der Waals surface area (Å²) in [7, 11) is 1.61. The van der Waals surface area contributed by atoms with Crippen LogP contribution in [0.2, 0.25) is 10.0 Å². The van der Waals surface area contributed by atoms with E-state index in [0.717, 1.165) is 5.69 Å². The Bertz CT molecular complexity index is 245. The fourth-order valence-electron chi connectivity index (χ4n) is 0.811. The summed E-state index contributed by atoms with van der Waals surface area (Å²) in [6.45, 7) is 0.441. The third-order valence-electron chi connectivity index (χ3n) is 1.28. The smallest absolute Gasteiger partial charge is 0.116 e. The fourth-order valence-corrected chi connectivity index (χ4v) is 1.34. The summed E-state index contributed by atoms with van der Waals surface area (Å²) in [5.74, 6) is 0. The number of halogens is 2. The molecule has 0 aliphatic rings. The molecule has 0 bridgehead atoms. The highest BCUT2D eigenvalue weighted by Crippen LogP contribution is 2.21. The molecule has 0 heterocycles. The van der Waals surface area contributed by atoms with Gasteiger partial charge in [-0.3, -0.25) is 0 Å². The van der Waals surface area contributed by atoms with Gasteiger partial charge in [0.15, 0.2) is 0 Å². The van der Waals surface area contributed by atoms with E-state index < -0.39 is 0 Å². The summed E-state index contributed by atoms with van der Waals surface area (Å²) < 4.78 is 4.83. The molecule has 0 spiro atoms. The highest BCUT2D eigenvalue weighted by molar-refractivity contribution is 6.35. The molecule has 0 unspecified atom stereocenters. The molecular weight excluding hydrogens is 197 g/mol. The third-order valence-corrected chi connectivity index (χ3v) is 1.72. The maximum atomic E-state index is 5.76. The van der Waals surface area contributed by atoms with Gasteiger partial charge in [0.25, 0.3) is 0 Å². The largest absolute Gasteiger partial charge is 0.365 e. The molecule has 1 aromatic carbocycles. The van der Waals surface area contributed by atoms with Crippen molar-refractivity contribution in [2.45, 2.75) is 0 Å². The average molecular weight is 206 g/mol. The van der Waals surface area contributed by atoms with Crippen LogP contribution < -0.4 is 5.32 Å². The van der Waals surface area contributed by atoms with E-state index in [1.807, 2.05) is 0 Å². The van der Waals surface area contributed by atoms with E-state index in [9.17, 15) is 0 Å². The van der Waals surface area contributed by atoms with Gasteiger partial charge in [0, 0.05) is 22.8 Å². The number of methoxy groups -OCH3 is 1. The van der Waals surface area contributed by atoms with Crippen molar-refractivity contribution >= 4 is 28.9 Å². The lowest BCUT2D eigenvalue weighted by Crippen LogP contribution is -2.02. The highest BCUT2D eigenvalue weighted by Gasteiger charge is 1.96. The average Bonchev–Trinajstić information content (AvgIpc) is 1.99. The zero-order valence-electron chi connectivity index (χ0n) is 6.60. The molecule has 0 fully saturated rings. The Morgan fingerprint density at radius 2 is 1.83 bits per heavy atom. The summed E-state index contributed by atoms with van der Waals surface area (Å²) in [6.07, 6.45) is 0. The van der Waals surface area contributed by atoms with Crippen LogP contribution in [-0.2, 0) is 4.74 Å². The zero-order valence-corrected chi connectivity index (χ0v) is 8.12. The monoisotopic (exact) mass is 205 g/mol. The second-order valence-corrected chi connectivity index (χ2v) is 3.14. The van der Waals surface area contributed by atoms with Crippen LogP contribution in [0.4, 0.5) is 5.69 Å². The molecule has 12 heavy (non-hydrogen) atoms. The van der Waals surface area contributed by atoms with Crippen LogP contribution >= 0.6 is 23.2 Å². The van der Waals surface area contributed by atoms with Crippen LogP contribution in [0, 0.1) is 0 Å². The number of rotatable bonds is 3. The minimum absolute atomic E-state index is 0.441. The van der Waals surface area contributed by atoms with E-state index in [4.69, 9.17) is 27.9 Å². The van der Waals surface area contributed by atoms with Crippen molar-refractivity contribution < 1.29 is 4.74 Å². The van der Waals surface area contributed by atoms with Crippen molar-refractivity contribution in [2.75, 3.05) is 19.2 Å². The molecule has 1 N–H and O–H groups in total. The molecule has 0 atom stereocenters. The van der Waals surface area contributed by atoms with Crippen LogP contribution in [0.15, 0.2) is 18.2 Å². The Balaban J connectivity index is 2.72. The predicted molar refractivity (Wildman–Crippen MR) is 52.0 cm³/mol. The quantitative estimate of drug-likeness (QED) is 0.767. The molecular formula is C8H9Cl2NO. The molecule has 0 radical (unpaired) electrons. The van der Waals surface area contributed by atoms with Crippen LogP contribution in [0.1, 0.15) is 0 Å². The van der Waals surface area contributed by atoms with Gasteiger partial charge >= 0.3 is 0 Å². The van der Waals surface area contributed by atoms with Crippen molar-refractivity contribution in [3.05, 3.63) is 28.2 Å². The first-order valence-corrected chi connectivity index (χ1v) is 4.17. The minimum atomic E-state index is 0.441. The predicted octanol–water partition coefficient (Wildman–Crippen LogP) is 3.01. The van der Waals surface area contributed by atoms with E-state index in [1.54, 1.807) is 25.3 Å². The molecule has 1 rings (SSSR count). The van der Waals surface area contributed by atoms with Crippen LogP contribution in [0.25, 0.3) is 0 Å². The SMILES string of the molecule is COCNc1cc(Cl)cc(Cl)c1. The van der Waals surface area contributed by atoms with E-state index >= 15 is 0 Å². The molecule has 2 nitrogen and oxygen atoms in total. The molecule has 1 aromatic rings. The summed E-state index contributed by atoms with van der Waals surface area (Å²) in [4.78, 5) is 0. The Kier molecular flexibility index (Phi) is 3.66. The first kappa shape index (κ1) is 9.65. The Hall–Kier alpha value is -0.440. The lowest BCUT2D eigenvalue weighted by Gasteiger charge is -2.05. The number of nitrogens with one attached hydrogen (secondary N) is 1. The number of ether oxygens (including phenoxy) is 1. The van der Waals surface area contributed by atoms with Gasteiger partial charge in [-0.2, -0.15) is 0 Å². The van der Waals surface area contributed by atoms with Crippen LogP contribution in [-0.4, -0.2) is 13.8 Å². The van der Waals surface area contributed by atoms with Crippen molar-refractivity contribution in [2.24, 2.45) is 0 Å². The van der Waals surface area contributed by atoms with E-state index in [2.05, 4.69) is 5.32 Å². The van der Waals surface area contributed by atoms with Crippen molar-refractivity contribution in [1.82, 2.24) is 0 Å².